The SMILES string of the molecule is COC(=O)C1=C(C(=O)OC)N(c2ccc(C(C)O)cc2OC)COC1. The van der Waals surface area contributed by atoms with Crippen molar-refractivity contribution in [2.45, 2.75) is 13.0 Å². The summed E-state index contributed by atoms with van der Waals surface area (Å²) in [5.41, 5.74) is 1.23. The zero-order chi connectivity index (χ0) is 18.6. The van der Waals surface area contributed by atoms with Gasteiger partial charge in [-0.15, -0.1) is 0 Å². The number of nitrogens with zero attached hydrogens (tertiary/aromatic N) is 1. The van der Waals surface area contributed by atoms with Crippen LogP contribution in [0.4, 0.5) is 5.69 Å². The van der Waals surface area contributed by atoms with Crippen molar-refractivity contribution in [3.05, 3.63) is 35.0 Å². The van der Waals surface area contributed by atoms with Crippen LogP contribution in [0.15, 0.2) is 29.5 Å². The van der Waals surface area contributed by atoms with Gasteiger partial charge >= 0.3 is 11.9 Å². The fraction of sp³-hybridized carbons (Fsp3) is 0.412. The molecule has 1 unspecified atom stereocenters. The first kappa shape index (κ1) is 18.8. The summed E-state index contributed by atoms with van der Waals surface area (Å²) >= 11 is 0. The summed E-state index contributed by atoms with van der Waals surface area (Å²) in [6, 6.07) is 5.03. The topological polar surface area (TPSA) is 94.5 Å². The Kier molecular flexibility index (Phi) is 6.00. The zero-order valence-corrected chi connectivity index (χ0v) is 14.6. The van der Waals surface area contributed by atoms with E-state index in [1.54, 1.807) is 25.1 Å². The van der Waals surface area contributed by atoms with E-state index in [2.05, 4.69) is 0 Å². The number of aliphatic hydroxyl groups excluding tert-OH is 1. The van der Waals surface area contributed by atoms with Crippen molar-refractivity contribution in [2.75, 3.05) is 39.6 Å². The van der Waals surface area contributed by atoms with Crippen LogP contribution in [0.2, 0.25) is 0 Å². The van der Waals surface area contributed by atoms with Crippen molar-refractivity contribution < 1.29 is 33.6 Å². The molecule has 8 heteroatoms. The Morgan fingerprint density at radius 3 is 2.44 bits per heavy atom. The van der Waals surface area contributed by atoms with E-state index in [1.807, 2.05) is 0 Å². The molecule has 0 saturated carbocycles. The third kappa shape index (κ3) is 3.75. The van der Waals surface area contributed by atoms with Crippen LogP contribution in [0.3, 0.4) is 0 Å². The average molecular weight is 351 g/mol. The molecule has 1 aromatic carbocycles. The van der Waals surface area contributed by atoms with Crippen LogP contribution in [-0.2, 0) is 23.8 Å². The molecule has 1 aliphatic rings. The van der Waals surface area contributed by atoms with E-state index in [9.17, 15) is 14.7 Å². The average Bonchev–Trinajstić information content (AvgIpc) is 2.65. The van der Waals surface area contributed by atoms with E-state index in [1.165, 1.54) is 26.2 Å². The number of esters is 2. The van der Waals surface area contributed by atoms with Crippen molar-refractivity contribution >= 4 is 17.6 Å². The van der Waals surface area contributed by atoms with Crippen LogP contribution in [-0.4, -0.2) is 51.7 Å². The highest BCUT2D eigenvalue weighted by Gasteiger charge is 2.33. The summed E-state index contributed by atoms with van der Waals surface area (Å²) < 4.78 is 20.4. The number of ether oxygens (including phenoxy) is 4. The number of rotatable bonds is 5. The molecule has 1 heterocycles. The van der Waals surface area contributed by atoms with Gasteiger partial charge in [0.05, 0.1) is 45.3 Å². The Labute approximate surface area is 145 Å². The minimum absolute atomic E-state index is 0.0231. The smallest absolute Gasteiger partial charge is 0.355 e. The molecule has 1 aliphatic heterocycles. The molecule has 25 heavy (non-hydrogen) atoms. The Balaban J connectivity index is 2.59. The number of hydrogen-bond donors (Lipinski definition) is 1. The van der Waals surface area contributed by atoms with Crippen molar-refractivity contribution in [1.82, 2.24) is 0 Å². The van der Waals surface area contributed by atoms with E-state index in [0.29, 0.717) is 17.0 Å². The van der Waals surface area contributed by atoms with Crippen LogP contribution in [0.1, 0.15) is 18.6 Å². The number of carbonyl (C=O) groups excluding carboxylic acids is 2. The molecule has 0 radical (unpaired) electrons. The standard InChI is InChI=1S/C17H21NO7/c1-10(19)11-5-6-13(14(7-11)22-2)18-9-25-8-12(16(20)23-3)15(18)17(21)24-4/h5-7,10,19H,8-9H2,1-4H3. The number of methoxy groups -OCH3 is 3. The van der Waals surface area contributed by atoms with Gasteiger partial charge in [0.25, 0.3) is 0 Å². The second kappa shape index (κ2) is 8.00. The third-order valence-corrected chi connectivity index (χ3v) is 3.81. The Bertz CT molecular complexity index is 696. The summed E-state index contributed by atoms with van der Waals surface area (Å²) in [4.78, 5) is 25.8. The van der Waals surface area contributed by atoms with Gasteiger partial charge in [0.1, 0.15) is 18.2 Å². The summed E-state index contributed by atoms with van der Waals surface area (Å²) in [6.45, 7) is 1.59. The molecule has 0 spiro atoms. The van der Waals surface area contributed by atoms with Gasteiger partial charge < -0.3 is 29.0 Å². The van der Waals surface area contributed by atoms with Gasteiger partial charge in [-0.1, -0.05) is 6.07 Å². The van der Waals surface area contributed by atoms with Gasteiger partial charge in [-0.2, -0.15) is 0 Å². The van der Waals surface area contributed by atoms with Gasteiger partial charge in [0.2, 0.25) is 0 Å². The highest BCUT2D eigenvalue weighted by molar-refractivity contribution is 6.03. The third-order valence-electron chi connectivity index (χ3n) is 3.81. The van der Waals surface area contributed by atoms with Crippen LogP contribution < -0.4 is 9.64 Å². The summed E-state index contributed by atoms with van der Waals surface area (Å²) in [6.07, 6.45) is -0.679. The van der Waals surface area contributed by atoms with Gasteiger partial charge in [-0.3, -0.25) is 0 Å². The highest BCUT2D eigenvalue weighted by Crippen LogP contribution is 2.35. The number of hydrogen-bond acceptors (Lipinski definition) is 8. The lowest BCUT2D eigenvalue weighted by Crippen LogP contribution is -2.39. The van der Waals surface area contributed by atoms with E-state index in [-0.39, 0.29) is 24.6 Å². The molecule has 0 saturated heterocycles. The molecule has 1 aromatic rings. The molecule has 1 atom stereocenters. The predicted octanol–water partition coefficient (Wildman–Crippen LogP) is 1.14. The van der Waals surface area contributed by atoms with E-state index >= 15 is 0 Å². The lowest BCUT2D eigenvalue weighted by atomic mass is 10.1. The Morgan fingerprint density at radius 1 is 1.20 bits per heavy atom. The van der Waals surface area contributed by atoms with Crippen molar-refractivity contribution in [3.8, 4) is 5.75 Å². The molecule has 0 aromatic heterocycles. The zero-order valence-electron chi connectivity index (χ0n) is 14.6. The van der Waals surface area contributed by atoms with E-state index < -0.39 is 18.0 Å². The van der Waals surface area contributed by atoms with Gasteiger partial charge in [-0.05, 0) is 24.6 Å². The number of aliphatic hydroxyl groups is 1. The maximum atomic E-state index is 12.3. The lowest BCUT2D eigenvalue weighted by Gasteiger charge is -2.32. The molecule has 0 amide bonds. The van der Waals surface area contributed by atoms with Gasteiger partial charge in [0, 0.05) is 0 Å². The molecular formula is C17H21NO7. The first-order valence-electron chi connectivity index (χ1n) is 7.55. The first-order chi connectivity index (χ1) is 11.9. The van der Waals surface area contributed by atoms with Crippen LogP contribution in [0, 0.1) is 0 Å². The van der Waals surface area contributed by atoms with Gasteiger partial charge in [-0.25, -0.2) is 9.59 Å². The molecule has 8 nitrogen and oxygen atoms in total. The molecular weight excluding hydrogens is 330 g/mol. The molecule has 136 valence electrons. The van der Waals surface area contributed by atoms with Crippen LogP contribution in [0.25, 0.3) is 0 Å². The summed E-state index contributed by atoms with van der Waals surface area (Å²) in [7, 11) is 3.92. The normalized spacial score (nSPS) is 15.6. The molecule has 1 N–H and O–H groups in total. The fourth-order valence-corrected chi connectivity index (χ4v) is 2.51. The quantitative estimate of drug-likeness (QED) is 0.790. The Hall–Kier alpha value is -2.58. The fourth-order valence-electron chi connectivity index (χ4n) is 2.51. The number of carbonyl (C=O) groups is 2. The Morgan fingerprint density at radius 2 is 1.88 bits per heavy atom. The number of benzene rings is 1. The van der Waals surface area contributed by atoms with Crippen LogP contribution >= 0.6 is 0 Å². The van der Waals surface area contributed by atoms with E-state index in [4.69, 9.17) is 18.9 Å². The summed E-state index contributed by atoms with van der Waals surface area (Å²) in [5, 5.41) is 9.73. The maximum Gasteiger partial charge on any atom is 0.355 e. The maximum absolute atomic E-state index is 12.3. The second-order valence-corrected chi connectivity index (χ2v) is 5.32. The first-order valence-corrected chi connectivity index (χ1v) is 7.55. The van der Waals surface area contributed by atoms with Crippen molar-refractivity contribution in [1.29, 1.82) is 0 Å². The molecule has 2 rings (SSSR count). The van der Waals surface area contributed by atoms with Crippen LogP contribution in [0.5, 0.6) is 5.75 Å². The molecule has 0 bridgehead atoms. The van der Waals surface area contributed by atoms with Gasteiger partial charge in [0.15, 0.2) is 0 Å². The largest absolute Gasteiger partial charge is 0.495 e. The van der Waals surface area contributed by atoms with Crippen molar-refractivity contribution in [3.63, 3.8) is 0 Å². The minimum Gasteiger partial charge on any atom is -0.495 e. The second-order valence-electron chi connectivity index (χ2n) is 5.32. The van der Waals surface area contributed by atoms with Crippen molar-refractivity contribution in [2.24, 2.45) is 0 Å². The predicted molar refractivity (Wildman–Crippen MR) is 88.0 cm³/mol. The number of anilines is 1. The van der Waals surface area contributed by atoms with E-state index in [0.717, 1.165) is 0 Å². The summed E-state index contributed by atoms with van der Waals surface area (Å²) in [5.74, 6) is -0.954. The molecule has 0 fully saturated rings. The molecule has 0 aliphatic carbocycles. The minimum atomic E-state index is -0.689. The monoisotopic (exact) mass is 351 g/mol. The highest BCUT2D eigenvalue weighted by atomic mass is 16.5. The lowest BCUT2D eigenvalue weighted by molar-refractivity contribution is -0.140.